The van der Waals surface area contributed by atoms with E-state index in [1.807, 2.05) is 0 Å². The number of nitrogens with zero attached hydrogens (tertiary/aromatic N) is 2. The summed E-state index contributed by atoms with van der Waals surface area (Å²) in [5.41, 5.74) is 0.457. The van der Waals surface area contributed by atoms with E-state index in [-0.39, 0.29) is 40.9 Å². The first-order valence-corrected chi connectivity index (χ1v) is 9.33. The van der Waals surface area contributed by atoms with Crippen molar-refractivity contribution in [3.05, 3.63) is 48.2 Å². The van der Waals surface area contributed by atoms with Gasteiger partial charge in [-0.3, -0.25) is 19.2 Å². The van der Waals surface area contributed by atoms with E-state index in [4.69, 9.17) is 0 Å². The van der Waals surface area contributed by atoms with Crippen molar-refractivity contribution in [3.8, 4) is 0 Å². The van der Waals surface area contributed by atoms with Crippen molar-refractivity contribution < 1.29 is 27.5 Å². The smallest absolute Gasteiger partial charge is 0.338 e. The van der Waals surface area contributed by atoms with Gasteiger partial charge >= 0.3 is 5.97 Å². The molecule has 1 N–H and O–H groups in total. The predicted molar refractivity (Wildman–Crippen MR) is 94.6 cm³/mol. The zero-order valence-electron chi connectivity index (χ0n) is 14.2. The van der Waals surface area contributed by atoms with E-state index in [9.17, 15) is 22.8 Å². The van der Waals surface area contributed by atoms with Crippen molar-refractivity contribution in [1.82, 2.24) is 4.98 Å². The summed E-state index contributed by atoms with van der Waals surface area (Å²) in [7, 11) is -2.77. The lowest BCUT2D eigenvalue weighted by Crippen LogP contribution is -2.28. The number of esters is 1. The topological polar surface area (TPSA) is 123 Å². The third-order valence-electron chi connectivity index (χ3n) is 3.88. The summed E-state index contributed by atoms with van der Waals surface area (Å²) < 4.78 is 31.8. The summed E-state index contributed by atoms with van der Waals surface area (Å²) in [5.74, 6) is -1.32. The quantitative estimate of drug-likeness (QED) is 0.604. The molecule has 1 fully saturated rings. The van der Waals surface area contributed by atoms with Crippen molar-refractivity contribution >= 4 is 39.3 Å². The predicted octanol–water partition coefficient (Wildman–Crippen LogP) is 1.32. The third kappa shape index (κ3) is 3.80. The van der Waals surface area contributed by atoms with E-state index < -0.39 is 16.0 Å². The van der Waals surface area contributed by atoms with E-state index >= 15 is 0 Å². The number of amides is 2. The van der Waals surface area contributed by atoms with Gasteiger partial charge in [0.1, 0.15) is 5.82 Å². The van der Waals surface area contributed by atoms with Gasteiger partial charge in [-0.05, 0) is 36.4 Å². The Morgan fingerprint density at radius 1 is 1.11 bits per heavy atom. The molecule has 1 aromatic heterocycles. The summed E-state index contributed by atoms with van der Waals surface area (Å²) in [4.78, 5) is 39.8. The number of imide groups is 1. The maximum Gasteiger partial charge on any atom is 0.338 e. The van der Waals surface area contributed by atoms with Crippen LogP contribution in [-0.2, 0) is 24.3 Å². The first-order valence-electron chi connectivity index (χ1n) is 7.85. The van der Waals surface area contributed by atoms with Gasteiger partial charge in [0.25, 0.3) is 10.0 Å². The summed E-state index contributed by atoms with van der Waals surface area (Å²) in [5, 5.41) is 0. The minimum Gasteiger partial charge on any atom is -0.465 e. The number of nitrogens with one attached hydrogen (secondary N) is 1. The summed E-state index contributed by atoms with van der Waals surface area (Å²) in [6.07, 6.45) is 1.56. The maximum atomic E-state index is 12.5. The van der Waals surface area contributed by atoms with Crippen molar-refractivity contribution in [1.29, 1.82) is 0 Å². The van der Waals surface area contributed by atoms with Crippen LogP contribution in [0.4, 0.5) is 11.5 Å². The first-order chi connectivity index (χ1) is 12.8. The molecule has 10 heteroatoms. The highest BCUT2D eigenvalue weighted by Crippen LogP contribution is 2.24. The standard InChI is InChI=1S/C17H15N3O6S/c1-26-17(23)11-8-9-18-14(10-11)19-27(24,25)13-4-2-12(3-5-13)20-15(21)6-7-16(20)22/h2-5,8-10H,6-7H2,1H3,(H,18,19). The summed E-state index contributed by atoms with van der Waals surface area (Å²) >= 11 is 0. The van der Waals surface area contributed by atoms with Gasteiger partial charge in [0.2, 0.25) is 11.8 Å². The molecule has 0 radical (unpaired) electrons. The number of methoxy groups -OCH3 is 1. The Hall–Kier alpha value is -3.27. The van der Waals surface area contributed by atoms with Gasteiger partial charge in [0, 0.05) is 19.0 Å². The Morgan fingerprint density at radius 3 is 2.33 bits per heavy atom. The van der Waals surface area contributed by atoms with Crippen LogP contribution < -0.4 is 9.62 Å². The Labute approximate surface area is 155 Å². The van der Waals surface area contributed by atoms with Crippen molar-refractivity contribution in [2.45, 2.75) is 17.7 Å². The highest BCUT2D eigenvalue weighted by molar-refractivity contribution is 7.92. The molecule has 2 heterocycles. The molecule has 1 aromatic carbocycles. The summed E-state index contributed by atoms with van der Waals surface area (Å²) in [6, 6.07) is 7.96. The number of anilines is 2. The minimum absolute atomic E-state index is 0.0492. The van der Waals surface area contributed by atoms with Crippen LogP contribution in [0.1, 0.15) is 23.2 Å². The van der Waals surface area contributed by atoms with Crippen LogP contribution in [0, 0.1) is 0 Å². The van der Waals surface area contributed by atoms with Gasteiger partial charge in [0.05, 0.1) is 23.3 Å². The fourth-order valence-corrected chi connectivity index (χ4v) is 3.57. The second kappa shape index (κ2) is 7.16. The molecule has 27 heavy (non-hydrogen) atoms. The normalized spacial score (nSPS) is 14.3. The Bertz CT molecular complexity index is 1000. The molecule has 0 saturated carbocycles. The molecular weight excluding hydrogens is 374 g/mol. The molecular formula is C17H15N3O6S. The number of aromatic nitrogens is 1. The highest BCUT2D eigenvalue weighted by Gasteiger charge is 2.30. The first kappa shape index (κ1) is 18.5. The van der Waals surface area contributed by atoms with Crippen LogP contribution in [0.5, 0.6) is 0 Å². The van der Waals surface area contributed by atoms with Crippen LogP contribution >= 0.6 is 0 Å². The van der Waals surface area contributed by atoms with E-state index in [1.54, 1.807) is 0 Å². The largest absolute Gasteiger partial charge is 0.465 e. The molecule has 2 aromatic rings. The van der Waals surface area contributed by atoms with Gasteiger partial charge in [-0.2, -0.15) is 0 Å². The molecule has 9 nitrogen and oxygen atoms in total. The molecule has 140 valence electrons. The maximum absolute atomic E-state index is 12.5. The Kier molecular flexibility index (Phi) is 4.91. The van der Waals surface area contributed by atoms with Gasteiger partial charge in [-0.1, -0.05) is 0 Å². The van der Waals surface area contributed by atoms with E-state index in [0.29, 0.717) is 5.69 Å². The number of carbonyl (C=O) groups excluding carboxylic acids is 3. The average Bonchev–Trinajstić information content (AvgIpc) is 2.99. The Balaban J connectivity index is 1.82. The van der Waals surface area contributed by atoms with Crippen LogP contribution in [0.3, 0.4) is 0 Å². The molecule has 3 rings (SSSR count). The zero-order chi connectivity index (χ0) is 19.6. The molecule has 1 aliphatic rings. The lowest BCUT2D eigenvalue weighted by molar-refractivity contribution is -0.121. The SMILES string of the molecule is COC(=O)c1ccnc(NS(=O)(=O)c2ccc(N3C(=O)CCC3=O)cc2)c1. The van der Waals surface area contributed by atoms with Crippen LogP contribution in [-0.4, -0.2) is 38.3 Å². The van der Waals surface area contributed by atoms with Gasteiger partial charge in [-0.15, -0.1) is 0 Å². The molecule has 0 bridgehead atoms. The van der Waals surface area contributed by atoms with Gasteiger partial charge in [0.15, 0.2) is 0 Å². The summed E-state index contributed by atoms with van der Waals surface area (Å²) in [6.45, 7) is 0. The minimum atomic E-state index is -3.98. The fourth-order valence-electron chi connectivity index (χ4n) is 2.57. The van der Waals surface area contributed by atoms with E-state index in [1.165, 1.54) is 49.7 Å². The third-order valence-corrected chi connectivity index (χ3v) is 5.25. The lowest BCUT2D eigenvalue weighted by atomic mass is 10.3. The van der Waals surface area contributed by atoms with Crippen LogP contribution in [0.25, 0.3) is 0 Å². The number of hydrogen-bond donors (Lipinski definition) is 1. The molecule has 0 aliphatic carbocycles. The van der Waals surface area contributed by atoms with Crippen molar-refractivity contribution in [3.63, 3.8) is 0 Å². The number of carbonyl (C=O) groups is 3. The molecule has 2 amide bonds. The van der Waals surface area contributed by atoms with Crippen LogP contribution in [0.2, 0.25) is 0 Å². The molecule has 0 unspecified atom stereocenters. The van der Waals surface area contributed by atoms with Gasteiger partial charge in [-0.25, -0.2) is 18.2 Å². The average molecular weight is 389 g/mol. The number of ether oxygens (including phenoxy) is 1. The monoisotopic (exact) mass is 389 g/mol. The zero-order valence-corrected chi connectivity index (χ0v) is 15.0. The molecule has 1 saturated heterocycles. The lowest BCUT2D eigenvalue weighted by Gasteiger charge is -2.14. The number of sulfonamides is 1. The number of rotatable bonds is 5. The van der Waals surface area contributed by atoms with E-state index in [0.717, 1.165) is 4.90 Å². The molecule has 1 aliphatic heterocycles. The molecule has 0 spiro atoms. The fraction of sp³-hybridized carbons (Fsp3) is 0.176. The number of hydrogen-bond acceptors (Lipinski definition) is 7. The van der Waals surface area contributed by atoms with Gasteiger partial charge < -0.3 is 4.74 Å². The second-order valence-corrected chi connectivity index (χ2v) is 7.33. The van der Waals surface area contributed by atoms with Crippen molar-refractivity contribution in [2.24, 2.45) is 0 Å². The second-order valence-electron chi connectivity index (χ2n) is 5.64. The van der Waals surface area contributed by atoms with Crippen molar-refractivity contribution in [2.75, 3.05) is 16.7 Å². The Morgan fingerprint density at radius 2 is 1.74 bits per heavy atom. The highest BCUT2D eigenvalue weighted by atomic mass is 32.2. The number of benzene rings is 1. The number of pyridine rings is 1. The van der Waals surface area contributed by atoms with E-state index in [2.05, 4.69) is 14.4 Å². The van der Waals surface area contributed by atoms with Crippen LogP contribution in [0.15, 0.2) is 47.5 Å². The molecule has 0 atom stereocenters.